The summed E-state index contributed by atoms with van der Waals surface area (Å²) in [5.74, 6) is 1.82. The molecule has 4 nitrogen and oxygen atoms in total. The van der Waals surface area contributed by atoms with Gasteiger partial charge in [0.1, 0.15) is 5.75 Å². The summed E-state index contributed by atoms with van der Waals surface area (Å²) >= 11 is 7.39. The molecule has 0 aliphatic rings. The fourth-order valence-corrected chi connectivity index (χ4v) is 2.82. The minimum absolute atomic E-state index is 0.123. The summed E-state index contributed by atoms with van der Waals surface area (Å²) in [5.41, 5.74) is 5.38. The van der Waals surface area contributed by atoms with Crippen LogP contribution >= 0.6 is 23.4 Å². The fourth-order valence-electron chi connectivity index (χ4n) is 1.92. The second-order valence-electron chi connectivity index (χ2n) is 5.08. The van der Waals surface area contributed by atoms with Gasteiger partial charge in [-0.2, -0.15) is 5.10 Å². The van der Waals surface area contributed by atoms with Crippen molar-refractivity contribution in [3.05, 3.63) is 64.7 Å². The van der Waals surface area contributed by atoms with Crippen LogP contribution in [0.2, 0.25) is 5.02 Å². The van der Waals surface area contributed by atoms with Crippen molar-refractivity contribution < 1.29 is 9.53 Å². The molecule has 0 heterocycles. The molecule has 0 saturated heterocycles. The van der Waals surface area contributed by atoms with Crippen molar-refractivity contribution in [2.45, 2.75) is 12.7 Å². The summed E-state index contributed by atoms with van der Waals surface area (Å²) in [6, 6.07) is 15.1. The van der Waals surface area contributed by atoms with Gasteiger partial charge in [0.15, 0.2) is 0 Å². The van der Waals surface area contributed by atoms with E-state index in [1.54, 1.807) is 19.2 Å². The van der Waals surface area contributed by atoms with Crippen LogP contribution < -0.4 is 10.2 Å². The van der Waals surface area contributed by atoms with Crippen LogP contribution in [0.1, 0.15) is 18.1 Å². The first kappa shape index (κ1) is 18.4. The lowest BCUT2D eigenvalue weighted by atomic mass is 10.1. The lowest BCUT2D eigenvalue weighted by Gasteiger charge is -2.04. The number of thioether (sulfide) groups is 1. The Bertz CT molecular complexity index is 700. The van der Waals surface area contributed by atoms with E-state index in [4.69, 9.17) is 16.3 Å². The topological polar surface area (TPSA) is 50.7 Å². The van der Waals surface area contributed by atoms with Gasteiger partial charge in [-0.05, 0) is 42.3 Å². The highest BCUT2D eigenvalue weighted by Crippen LogP contribution is 2.16. The summed E-state index contributed by atoms with van der Waals surface area (Å²) in [6.07, 6.45) is 0. The van der Waals surface area contributed by atoms with E-state index in [0.29, 0.717) is 10.8 Å². The molecule has 0 spiro atoms. The maximum absolute atomic E-state index is 11.8. The van der Waals surface area contributed by atoms with E-state index in [-0.39, 0.29) is 5.91 Å². The van der Waals surface area contributed by atoms with Gasteiger partial charge >= 0.3 is 0 Å². The van der Waals surface area contributed by atoms with Crippen molar-refractivity contribution in [3.63, 3.8) is 0 Å². The van der Waals surface area contributed by atoms with E-state index in [9.17, 15) is 4.79 Å². The lowest BCUT2D eigenvalue weighted by molar-refractivity contribution is -0.118. The zero-order valence-corrected chi connectivity index (χ0v) is 15.2. The average molecular weight is 363 g/mol. The van der Waals surface area contributed by atoms with Crippen LogP contribution in [-0.2, 0) is 10.5 Å². The molecule has 126 valence electrons. The van der Waals surface area contributed by atoms with Gasteiger partial charge < -0.3 is 4.74 Å². The molecule has 0 fully saturated rings. The predicted octanol–water partition coefficient (Wildman–Crippen LogP) is 4.12. The molecule has 0 bridgehead atoms. The smallest absolute Gasteiger partial charge is 0.250 e. The SMILES string of the molecule is COc1ccc(CSCC(=O)N/N=C(/C)c2ccc(Cl)cc2)cc1. The Kier molecular flexibility index (Phi) is 7.15. The van der Waals surface area contributed by atoms with Crippen LogP contribution in [0.3, 0.4) is 0 Å². The number of carbonyl (C=O) groups excluding carboxylic acids is 1. The number of benzene rings is 2. The number of amides is 1. The van der Waals surface area contributed by atoms with E-state index >= 15 is 0 Å². The summed E-state index contributed by atoms with van der Waals surface area (Å²) in [4.78, 5) is 11.8. The third-order valence-electron chi connectivity index (χ3n) is 3.27. The normalized spacial score (nSPS) is 11.2. The second-order valence-corrected chi connectivity index (χ2v) is 6.50. The van der Waals surface area contributed by atoms with E-state index in [2.05, 4.69) is 10.5 Å². The highest BCUT2D eigenvalue weighted by atomic mass is 35.5. The maximum atomic E-state index is 11.8. The van der Waals surface area contributed by atoms with E-state index in [1.807, 2.05) is 43.3 Å². The van der Waals surface area contributed by atoms with Crippen molar-refractivity contribution in [1.29, 1.82) is 0 Å². The second kappa shape index (κ2) is 9.35. The molecule has 0 aromatic heterocycles. The first-order valence-electron chi connectivity index (χ1n) is 7.38. The predicted molar refractivity (Wildman–Crippen MR) is 101 cm³/mol. The molecule has 2 aromatic carbocycles. The molecular weight excluding hydrogens is 344 g/mol. The summed E-state index contributed by atoms with van der Waals surface area (Å²) < 4.78 is 5.12. The highest BCUT2D eigenvalue weighted by Gasteiger charge is 2.03. The van der Waals surface area contributed by atoms with Gasteiger partial charge in [0.25, 0.3) is 0 Å². The number of hydrogen-bond donors (Lipinski definition) is 1. The molecule has 0 unspecified atom stereocenters. The molecule has 1 N–H and O–H groups in total. The zero-order valence-electron chi connectivity index (χ0n) is 13.6. The summed E-state index contributed by atoms with van der Waals surface area (Å²) in [7, 11) is 1.64. The van der Waals surface area contributed by atoms with Crippen molar-refractivity contribution in [2.24, 2.45) is 5.10 Å². The van der Waals surface area contributed by atoms with Gasteiger partial charge in [0, 0.05) is 10.8 Å². The largest absolute Gasteiger partial charge is 0.497 e. The first-order chi connectivity index (χ1) is 11.6. The van der Waals surface area contributed by atoms with Gasteiger partial charge in [-0.1, -0.05) is 35.9 Å². The van der Waals surface area contributed by atoms with E-state index in [1.165, 1.54) is 11.8 Å². The van der Waals surface area contributed by atoms with Crippen LogP contribution in [0.5, 0.6) is 5.75 Å². The van der Waals surface area contributed by atoms with E-state index in [0.717, 1.165) is 28.3 Å². The van der Waals surface area contributed by atoms with Crippen molar-refractivity contribution in [2.75, 3.05) is 12.9 Å². The Morgan fingerprint density at radius 3 is 2.46 bits per heavy atom. The molecule has 1 amide bonds. The van der Waals surface area contributed by atoms with Gasteiger partial charge in [0.2, 0.25) is 5.91 Å². The minimum Gasteiger partial charge on any atom is -0.497 e. The number of hydrazone groups is 1. The van der Waals surface area contributed by atoms with Gasteiger partial charge in [-0.3, -0.25) is 4.79 Å². The van der Waals surface area contributed by atoms with Gasteiger partial charge in [0.05, 0.1) is 18.6 Å². The van der Waals surface area contributed by atoms with E-state index < -0.39 is 0 Å². The molecule has 0 saturated carbocycles. The van der Waals surface area contributed by atoms with Crippen LogP contribution in [0.4, 0.5) is 0 Å². The summed E-state index contributed by atoms with van der Waals surface area (Å²) in [6.45, 7) is 1.84. The number of hydrogen-bond acceptors (Lipinski definition) is 4. The number of nitrogens with zero attached hydrogens (tertiary/aromatic N) is 1. The van der Waals surface area contributed by atoms with Crippen LogP contribution in [0, 0.1) is 0 Å². The molecule has 0 radical (unpaired) electrons. The number of ether oxygens (including phenoxy) is 1. The van der Waals surface area contributed by atoms with Crippen LogP contribution in [-0.4, -0.2) is 24.5 Å². The Hall–Kier alpha value is -1.98. The Labute approximate surface area is 151 Å². The maximum Gasteiger partial charge on any atom is 0.250 e. The molecule has 0 atom stereocenters. The lowest BCUT2D eigenvalue weighted by Crippen LogP contribution is -2.21. The number of halogens is 1. The summed E-state index contributed by atoms with van der Waals surface area (Å²) in [5, 5.41) is 4.79. The average Bonchev–Trinajstić information content (AvgIpc) is 2.61. The molecule has 6 heteroatoms. The monoisotopic (exact) mass is 362 g/mol. The third kappa shape index (κ3) is 5.91. The standard InChI is InChI=1S/C18H19ClN2O2S/c1-13(15-5-7-16(19)8-6-15)20-21-18(22)12-24-11-14-3-9-17(23-2)10-4-14/h3-10H,11-12H2,1-2H3,(H,21,22)/b20-13-. The van der Waals surface area contributed by atoms with Gasteiger partial charge in [-0.25, -0.2) is 5.43 Å². The Balaban J connectivity index is 1.76. The van der Waals surface area contributed by atoms with Crippen molar-refractivity contribution >= 4 is 35.0 Å². The van der Waals surface area contributed by atoms with Gasteiger partial charge in [-0.15, -0.1) is 11.8 Å². The fraction of sp³-hybridized carbons (Fsp3) is 0.222. The highest BCUT2D eigenvalue weighted by molar-refractivity contribution is 7.99. The molecule has 2 aromatic rings. The number of methoxy groups -OCH3 is 1. The molecule has 24 heavy (non-hydrogen) atoms. The Morgan fingerprint density at radius 2 is 1.83 bits per heavy atom. The minimum atomic E-state index is -0.123. The number of nitrogens with one attached hydrogen (secondary N) is 1. The third-order valence-corrected chi connectivity index (χ3v) is 4.53. The quantitative estimate of drug-likeness (QED) is 0.595. The number of carbonyl (C=O) groups is 1. The van der Waals surface area contributed by atoms with Crippen LogP contribution in [0.15, 0.2) is 53.6 Å². The molecule has 0 aliphatic heterocycles. The molecular formula is C18H19ClN2O2S. The zero-order chi connectivity index (χ0) is 17.4. The first-order valence-corrected chi connectivity index (χ1v) is 8.91. The van der Waals surface area contributed by atoms with Crippen molar-refractivity contribution in [1.82, 2.24) is 5.43 Å². The Morgan fingerprint density at radius 1 is 1.17 bits per heavy atom. The van der Waals surface area contributed by atoms with Crippen LogP contribution in [0.25, 0.3) is 0 Å². The van der Waals surface area contributed by atoms with Crippen molar-refractivity contribution in [3.8, 4) is 5.75 Å². The molecule has 0 aliphatic carbocycles. The molecule has 2 rings (SSSR count). The number of rotatable bonds is 7.